The highest BCUT2D eigenvalue weighted by Gasteiger charge is 2.31. The molecule has 1 atom stereocenters. The van der Waals surface area contributed by atoms with Crippen molar-refractivity contribution in [1.82, 2.24) is 5.32 Å². The Balaban J connectivity index is 2.31. The van der Waals surface area contributed by atoms with E-state index < -0.39 is 0 Å². The molecule has 0 saturated carbocycles. The highest BCUT2D eigenvalue weighted by Crippen LogP contribution is 2.23. The highest BCUT2D eigenvalue weighted by atomic mass is 16.5. The van der Waals surface area contributed by atoms with Gasteiger partial charge in [-0.15, -0.1) is 0 Å². The lowest BCUT2D eigenvalue weighted by Gasteiger charge is -2.29. The average Bonchev–Trinajstić information content (AvgIpc) is 2.28. The number of benzene rings is 1. The van der Waals surface area contributed by atoms with Gasteiger partial charge in [-0.3, -0.25) is 4.79 Å². The van der Waals surface area contributed by atoms with Crippen LogP contribution in [0.15, 0.2) is 24.3 Å². The number of carbonyl (C=O) groups excluding carboxylic acids is 2. The lowest BCUT2D eigenvalue weighted by Crippen LogP contribution is -2.54. The molecular weight excluding hydrogens is 220 g/mol. The number of ether oxygens (including phenoxy) is 1. The molecule has 1 N–H and O–H groups in total. The van der Waals surface area contributed by atoms with Gasteiger partial charge in [0.25, 0.3) is 0 Å². The van der Waals surface area contributed by atoms with Crippen molar-refractivity contribution in [3.63, 3.8) is 0 Å². The first-order valence-corrected chi connectivity index (χ1v) is 5.39. The third-order valence-corrected chi connectivity index (χ3v) is 2.61. The molecule has 1 aromatic rings. The monoisotopic (exact) mass is 234 g/mol. The standard InChI is InChI=1S/C12H14N2O3/c1-8-6-11(15)14(12(16)13-8)9-4-3-5-10(7-9)17-2/h3-5,7-8H,6H2,1-2H3,(H,13,16). The van der Waals surface area contributed by atoms with Gasteiger partial charge in [-0.05, 0) is 19.1 Å². The molecule has 0 aromatic heterocycles. The van der Waals surface area contributed by atoms with Crippen molar-refractivity contribution < 1.29 is 14.3 Å². The van der Waals surface area contributed by atoms with Crippen LogP contribution in [-0.2, 0) is 4.79 Å². The molecule has 1 aromatic carbocycles. The van der Waals surface area contributed by atoms with Crippen LogP contribution in [-0.4, -0.2) is 25.1 Å². The smallest absolute Gasteiger partial charge is 0.328 e. The zero-order valence-corrected chi connectivity index (χ0v) is 9.77. The Morgan fingerprint density at radius 1 is 1.41 bits per heavy atom. The summed E-state index contributed by atoms with van der Waals surface area (Å²) in [5.74, 6) is 0.413. The zero-order valence-electron chi connectivity index (χ0n) is 9.77. The SMILES string of the molecule is COc1cccc(N2C(=O)CC(C)NC2=O)c1. The van der Waals surface area contributed by atoms with Crippen LogP contribution in [0, 0.1) is 0 Å². The normalized spacial score (nSPS) is 20.1. The van der Waals surface area contributed by atoms with Crippen molar-refractivity contribution in [2.24, 2.45) is 0 Å². The summed E-state index contributed by atoms with van der Waals surface area (Å²) in [5, 5.41) is 2.72. The number of hydrogen-bond donors (Lipinski definition) is 1. The summed E-state index contributed by atoms with van der Waals surface area (Å²) < 4.78 is 5.07. The van der Waals surface area contributed by atoms with E-state index >= 15 is 0 Å². The second-order valence-corrected chi connectivity index (χ2v) is 3.99. The first-order valence-electron chi connectivity index (χ1n) is 5.39. The minimum atomic E-state index is -0.387. The van der Waals surface area contributed by atoms with E-state index in [1.165, 1.54) is 0 Å². The fourth-order valence-electron chi connectivity index (χ4n) is 1.80. The number of nitrogens with one attached hydrogen (secondary N) is 1. The van der Waals surface area contributed by atoms with Gasteiger partial charge in [0, 0.05) is 18.5 Å². The Labute approximate surface area is 99.4 Å². The van der Waals surface area contributed by atoms with Gasteiger partial charge in [0.15, 0.2) is 0 Å². The predicted molar refractivity (Wildman–Crippen MR) is 63.1 cm³/mol. The van der Waals surface area contributed by atoms with Crippen molar-refractivity contribution in [1.29, 1.82) is 0 Å². The number of imide groups is 1. The number of hydrogen-bond acceptors (Lipinski definition) is 3. The van der Waals surface area contributed by atoms with Gasteiger partial charge in [-0.25, -0.2) is 9.69 Å². The largest absolute Gasteiger partial charge is 0.497 e. The fourth-order valence-corrected chi connectivity index (χ4v) is 1.80. The highest BCUT2D eigenvalue weighted by molar-refractivity contribution is 6.16. The first kappa shape index (κ1) is 11.4. The van der Waals surface area contributed by atoms with E-state index in [1.807, 2.05) is 0 Å². The molecule has 0 aliphatic carbocycles. The number of anilines is 1. The van der Waals surface area contributed by atoms with E-state index in [0.29, 0.717) is 17.9 Å². The molecule has 1 aliphatic rings. The lowest BCUT2D eigenvalue weighted by molar-refractivity contribution is -0.118. The van der Waals surface area contributed by atoms with Crippen LogP contribution in [0.1, 0.15) is 13.3 Å². The van der Waals surface area contributed by atoms with Crippen LogP contribution >= 0.6 is 0 Å². The van der Waals surface area contributed by atoms with Gasteiger partial charge < -0.3 is 10.1 Å². The maximum Gasteiger partial charge on any atom is 0.328 e. The number of urea groups is 1. The first-order chi connectivity index (χ1) is 8.11. The molecule has 1 fully saturated rings. The van der Waals surface area contributed by atoms with Gasteiger partial charge >= 0.3 is 6.03 Å². The summed E-state index contributed by atoms with van der Waals surface area (Å²) in [6.07, 6.45) is 0.308. The summed E-state index contributed by atoms with van der Waals surface area (Å²) in [6, 6.07) is 6.37. The maximum atomic E-state index is 11.8. The molecule has 2 rings (SSSR count). The topological polar surface area (TPSA) is 58.6 Å². The van der Waals surface area contributed by atoms with Gasteiger partial charge in [-0.2, -0.15) is 0 Å². The molecule has 0 bridgehead atoms. The minimum Gasteiger partial charge on any atom is -0.497 e. The minimum absolute atomic E-state index is 0.114. The molecule has 5 nitrogen and oxygen atoms in total. The maximum absolute atomic E-state index is 11.8. The van der Waals surface area contributed by atoms with Crippen molar-refractivity contribution in [2.45, 2.75) is 19.4 Å². The van der Waals surface area contributed by atoms with Crippen LogP contribution in [0.2, 0.25) is 0 Å². The van der Waals surface area contributed by atoms with Crippen LogP contribution in [0.3, 0.4) is 0 Å². The Morgan fingerprint density at radius 2 is 2.18 bits per heavy atom. The number of carbonyl (C=O) groups is 2. The second-order valence-electron chi connectivity index (χ2n) is 3.99. The molecule has 3 amide bonds. The number of nitrogens with zero attached hydrogens (tertiary/aromatic N) is 1. The van der Waals surface area contributed by atoms with Crippen molar-refractivity contribution in [2.75, 3.05) is 12.0 Å². The predicted octanol–water partition coefficient (Wildman–Crippen LogP) is 1.53. The quantitative estimate of drug-likeness (QED) is 0.844. The lowest BCUT2D eigenvalue weighted by atomic mass is 10.1. The molecular formula is C12H14N2O3. The van der Waals surface area contributed by atoms with E-state index in [9.17, 15) is 9.59 Å². The summed E-state index contributed by atoms with van der Waals surface area (Å²) in [7, 11) is 1.54. The van der Waals surface area contributed by atoms with Crippen LogP contribution in [0.4, 0.5) is 10.5 Å². The van der Waals surface area contributed by atoms with Crippen molar-refractivity contribution in [3.8, 4) is 5.75 Å². The summed E-state index contributed by atoms with van der Waals surface area (Å²) in [4.78, 5) is 24.7. The molecule has 0 spiro atoms. The number of methoxy groups -OCH3 is 1. The molecule has 1 saturated heterocycles. The van der Waals surface area contributed by atoms with E-state index in [0.717, 1.165) is 4.90 Å². The average molecular weight is 234 g/mol. The molecule has 1 aliphatic heterocycles. The summed E-state index contributed by atoms with van der Waals surface area (Å²) >= 11 is 0. The third-order valence-electron chi connectivity index (χ3n) is 2.61. The molecule has 90 valence electrons. The molecule has 1 heterocycles. The van der Waals surface area contributed by atoms with E-state index in [4.69, 9.17) is 4.74 Å². The molecule has 1 unspecified atom stereocenters. The Bertz CT molecular complexity index is 441. The van der Waals surface area contributed by atoms with Gasteiger partial charge in [0.2, 0.25) is 5.91 Å². The molecule has 17 heavy (non-hydrogen) atoms. The van der Waals surface area contributed by atoms with Gasteiger partial charge in [-0.1, -0.05) is 6.07 Å². The van der Waals surface area contributed by atoms with Crippen LogP contribution in [0.25, 0.3) is 0 Å². The van der Waals surface area contributed by atoms with Crippen LogP contribution in [0.5, 0.6) is 5.75 Å². The molecule has 5 heteroatoms. The van der Waals surface area contributed by atoms with Gasteiger partial charge in [0.1, 0.15) is 5.75 Å². The number of amides is 3. The summed E-state index contributed by atoms with van der Waals surface area (Å²) in [6.45, 7) is 1.80. The van der Waals surface area contributed by atoms with E-state index in [2.05, 4.69) is 5.32 Å². The Hall–Kier alpha value is -2.04. The zero-order chi connectivity index (χ0) is 12.4. The Kier molecular flexibility index (Phi) is 2.99. The third kappa shape index (κ3) is 2.22. The number of rotatable bonds is 2. The Morgan fingerprint density at radius 3 is 2.82 bits per heavy atom. The van der Waals surface area contributed by atoms with Gasteiger partial charge in [0.05, 0.1) is 12.8 Å². The van der Waals surface area contributed by atoms with Crippen LogP contribution < -0.4 is 15.0 Å². The molecule has 0 radical (unpaired) electrons. The van der Waals surface area contributed by atoms with E-state index in [-0.39, 0.29) is 18.0 Å². The second kappa shape index (κ2) is 4.45. The van der Waals surface area contributed by atoms with Crippen molar-refractivity contribution in [3.05, 3.63) is 24.3 Å². The van der Waals surface area contributed by atoms with E-state index in [1.54, 1.807) is 38.3 Å². The summed E-state index contributed by atoms with van der Waals surface area (Å²) in [5.41, 5.74) is 0.527. The fraction of sp³-hybridized carbons (Fsp3) is 0.333. The van der Waals surface area contributed by atoms with Crippen molar-refractivity contribution >= 4 is 17.6 Å².